The quantitative estimate of drug-likeness (QED) is 0.667. The van der Waals surface area contributed by atoms with Gasteiger partial charge < -0.3 is 15.0 Å². The summed E-state index contributed by atoms with van der Waals surface area (Å²) >= 11 is 0. The van der Waals surface area contributed by atoms with Crippen LogP contribution in [0.2, 0.25) is 0 Å². The van der Waals surface area contributed by atoms with Crippen LogP contribution in [0.25, 0.3) is 11.0 Å². The number of nitrogens with zero attached hydrogens (tertiary/aromatic N) is 2. The highest BCUT2D eigenvalue weighted by Crippen LogP contribution is 2.33. The third kappa shape index (κ3) is 4.48. The molecule has 0 saturated carbocycles. The van der Waals surface area contributed by atoms with Gasteiger partial charge in [0.2, 0.25) is 11.7 Å². The van der Waals surface area contributed by atoms with Crippen LogP contribution in [0.3, 0.4) is 0 Å². The van der Waals surface area contributed by atoms with Gasteiger partial charge in [-0.05, 0) is 23.8 Å². The van der Waals surface area contributed by atoms with Crippen LogP contribution in [0.5, 0.6) is 0 Å². The lowest BCUT2D eigenvalue weighted by Gasteiger charge is -2.11. The third-order valence-corrected chi connectivity index (χ3v) is 4.03. The summed E-state index contributed by atoms with van der Waals surface area (Å²) in [4.78, 5) is 26.0. The largest absolute Gasteiger partial charge is 0.481 e. The maximum atomic E-state index is 13.5. The molecule has 0 radical (unpaired) electrons. The summed E-state index contributed by atoms with van der Waals surface area (Å²) in [6.07, 6.45) is -5.21. The number of rotatable bonds is 6. The molecule has 0 aliphatic rings. The van der Waals surface area contributed by atoms with Crippen molar-refractivity contribution in [1.29, 1.82) is 0 Å². The number of amides is 1. The van der Waals surface area contributed by atoms with Gasteiger partial charge in [-0.3, -0.25) is 9.59 Å². The van der Waals surface area contributed by atoms with Crippen LogP contribution >= 0.6 is 0 Å². The third-order valence-electron chi connectivity index (χ3n) is 4.03. The average Bonchev–Trinajstić information content (AvgIpc) is 2.99. The fourth-order valence-corrected chi connectivity index (χ4v) is 2.79. The Morgan fingerprint density at radius 3 is 2.43 bits per heavy atom. The number of halogens is 3. The summed E-state index contributed by atoms with van der Waals surface area (Å²) in [5.74, 6) is -2.68. The van der Waals surface area contributed by atoms with Gasteiger partial charge in [-0.15, -0.1) is 0 Å². The van der Waals surface area contributed by atoms with Gasteiger partial charge in [-0.1, -0.05) is 30.3 Å². The number of alkyl halides is 3. The molecular weight excluding hydrogens is 375 g/mol. The lowest BCUT2D eigenvalue weighted by molar-refractivity contribution is -0.146. The fourth-order valence-electron chi connectivity index (χ4n) is 2.79. The van der Waals surface area contributed by atoms with E-state index in [2.05, 4.69) is 10.3 Å². The molecule has 6 nitrogen and oxygen atoms in total. The summed E-state index contributed by atoms with van der Waals surface area (Å²) in [6, 6.07) is 13.0. The second kappa shape index (κ2) is 7.71. The standard InChI is InChI=1S/C19H16F3N3O3/c20-19(21,22)18-24-14-10-13(23-16(26)8-9-17(27)28)6-7-15(14)25(18)11-12-4-2-1-3-5-12/h1-7,10H,8-9,11H2,(H,23,26)(H,27,28). The first kappa shape index (κ1) is 19.4. The van der Waals surface area contributed by atoms with Crippen molar-refractivity contribution in [3.8, 4) is 0 Å². The average molecular weight is 391 g/mol. The highest BCUT2D eigenvalue weighted by atomic mass is 19.4. The first-order chi connectivity index (χ1) is 13.2. The molecule has 0 aliphatic heterocycles. The van der Waals surface area contributed by atoms with E-state index >= 15 is 0 Å². The van der Waals surface area contributed by atoms with Crippen LogP contribution < -0.4 is 5.32 Å². The minimum atomic E-state index is -4.64. The molecule has 1 amide bonds. The van der Waals surface area contributed by atoms with E-state index in [9.17, 15) is 22.8 Å². The first-order valence-corrected chi connectivity index (χ1v) is 8.37. The molecule has 0 spiro atoms. The lowest BCUT2D eigenvalue weighted by atomic mass is 10.2. The minimum Gasteiger partial charge on any atom is -0.481 e. The Kier molecular flexibility index (Phi) is 5.34. The van der Waals surface area contributed by atoms with Gasteiger partial charge in [0.25, 0.3) is 0 Å². The monoisotopic (exact) mass is 391 g/mol. The lowest BCUT2D eigenvalue weighted by Crippen LogP contribution is -2.15. The van der Waals surface area contributed by atoms with Gasteiger partial charge in [0.15, 0.2) is 0 Å². The van der Waals surface area contributed by atoms with E-state index in [0.29, 0.717) is 5.56 Å². The zero-order valence-electron chi connectivity index (χ0n) is 14.5. The summed E-state index contributed by atoms with van der Waals surface area (Å²) in [6.45, 7) is -0.00347. The van der Waals surface area contributed by atoms with Crippen molar-refractivity contribution < 1.29 is 27.9 Å². The predicted molar refractivity (Wildman–Crippen MR) is 95.8 cm³/mol. The normalized spacial score (nSPS) is 11.5. The van der Waals surface area contributed by atoms with E-state index in [-0.39, 0.29) is 36.1 Å². The van der Waals surface area contributed by atoms with Crippen molar-refractivity contribution in [3.05, 3.63) is 59.9 Å². The number of aromatic nitrogens is 2. The molecule has 0 unspecified atom stereocenters. The summed E-state index contributed by atoms with van der Waals surface area (Å²) in [5.41, 5.74) is 1.30. The smallest absolute Gasteiger partial charge is 0.449 e. The number of aliphatic carboxylic acids is 1. The van der Waals surface area contributed by atoms with Gasteiger partial charge in [-0.2, -0.15) is 13.2 Å². The van der Waals surface area contributed by atoms with Crippen molar-refractivity contribution >= 4 is 28.6 Å². The Hall–Kier alpha value is -3.36. The van der Waals surface area contributed by atoms with Crippen molar-refractivity contribution in [3.63, 3.8) is 0 Å². The predicted octanol–water partition coefficient (Wildman–Crippen LogP) is 3.91. The maximum Gasteiger partial charge on any atom is 0.449 e. The number of imidazole rings is 1. The highest BCUT2D eigenvalue weighted by Gasteiger charge is 2.37. The Balaban J connectivity index is 1.94. The molecule has 0 fully saturated rings. The van der Waals surface area contributed by atoms with Crippen molar-refractivity contribution in [2.45, 2.75) is 25.6 Å². The number of carbonyl (C=O) groups is 2. The van der Waals surface area contributed by atoms with Crippen molar-refractivity contribution in [2.24, 2.45) is 0 Å². The number of hydrogen-bond acceptors (Lipinski definition) is 3. The molecule has 0 atom stereocenters. The molecule has 0 saturated heterocycles. The molecule has 0 bridgehead atoms. The SMILES string of the molecule is O=C(O)CCC(=O)Nc1ccc2c(c1)nc(C(F)(F)F)n2Cc1ccccc1. The first-order valence-electron chi connectivity index (χ1n) is 8.37. The van der Waals surface area contributed by atoms with Crippen LogP contribution in [0.1, 0.15) is 24.2 Å². The van der Waals surface area contributed by atoms with E-state index in [0.717, 1.165) is 4.57 Å². The Morgan fingerprint density at radius 1 is 1.07 bits per heavy atom. The molecule has 9 heteroatoms. The van der Waals surface area contributed by atoms with E-state index in [4.69, 9.17) is 5.11 Å². The second-order valence-electron chi connectivity index (χ2n) is 6.15. The zero-order valence-corrected chi connectivity index (χ0v) is 14.5. The van der Waals surface area contributed by atoms with Gasteiger partial charge in [0, 0.05) is 18.7 Å². The van der Waals surface area contributed by atoms with Crippen LogP contribution in [-0.2, 0) is 22.3 Å². The number of fused-ring (bicyclic) bond motifs is 1. The molecule has 2 aromatic carbocycles. The molecule has 1 aromatic heterocycles. The van der Waals surface area contributed by atoms with Gasteiger partial charge >= 0.3 is 12.1 Å². The van der Waals surface area contributed by atoms with E-state index in [1.807, 2.05) is 0 Å². The number of hydrogen-bond donors (Lipinski definition) is 2. The fraction of sp³-hybridized carbons (Fsp3) is 0.211. The number of nitrogens with one attached hydrogen (secondary N) is 1. The van der Waals surface area contributed by atoms with Crippen molar-refractivity contribution in [2.75, 3.05) is 5.32 Å². The zero-order chi connectivity index (χ0) is 20.3. The summed E-state index contributed by atoms with van der Waals surface area (Å²) in [5, 5.41) is 11.1. The van der Waals surface area contributed by atoms with Crippen LogP contribution in [0, 0.1) is 0 Å². The van der Waals surface area contributed by atoms with Crippen LogP contribution in [0.15, 0.2) is 48.5 Å². The Morgan fingerprint density at radius 2 is 1.79 bits per heavy atom. The number of anilines is 1. The maximum absolute atomic E-state index is 13.5. The molecule has 0 aliphatic carbocycles. The Labute approximate surface area is 157 Å². The summed E-state index contributed by atoms with van der Waals surface area (Å²) < 4.78 is 41.5. The van der Waals surface area contributed by atoms with Gasteiger partial charge in [0.05, 0.1) is 17.5 Å². The van der Waals surface area contributed by atoms with E-state index in [1.165, 1.54) is 18.2 Å². The number of carboxylic acids is 1. The van der Waals surface area contributed by atoms with Crippen LogP contribution in [0.4, 0.5) is 18.9 Å². The number of carbonyl (C=O) groups excluding carboxylic acids is 1. The molecule has 28 heavy (non-hydrogen) atoms. The summed E-state index contributed by atoms with van der Waals surface area (Å²) in [7, 11) is 0. The minimum absolute atomic E-state index is 0.00347. The topological polar surface area (TPSA) is 84.2 Å². The molecule has 3 aromatic rings. The van der Waals surface area contributed by atoms with E-state index < -0.39 is 23.9 Å². The molecule has 146 valence electrons. The van der Waals surface area contributed by atoms with E-state index in [1.54, 1.807) is 30.3 Å². The van der Waals surface area contributed by atoms with Gasteiger partial charge in [0.1, 0.15) is 0 Å². The van der Waals surface area contributed by atoms with Gasteiger partial charge in [-0.25, -0.2) is 4.98 Å². The Bertz CT molecular complexity index is 1010. The van der Waals surface area contributed by atoms with Crippen LogP contribution in [-0.4, -0.2) is 26.5 Å². The number of carboxylic acid groups (broad SMARTS) is 1. The molecule has 3 rings (SSSR count). The second-order valence-corrected chi connectivity index (χ2v) is 6.15. The molecule has 1 heterocycles. The molecular formula is C19H16F3N3O3. The number of benzene rings is 2. The highest BCUT2D eigenvalue weighted by molar-refractivity contribution is 5.94. The molecule has 2 N–H and O–H groups in total. The van der Waals surface area contributed by atoms with Crippen molar-refractivity contribution in [1.82, 2.24) is 9.55 Å².